The Hall–Kier alpha value is -2.05. The van der Waals surface area contributed by atoms with Crippen molar-refractivity contribution in [3.05, 3.63) is 42.0 Å². The zero-order valence-corrected chi connectivity index (χ0v) is 14.1. The zero-order valence-electron chi connectivity index (χ0n) is 14.1. The van der Waals surface area contributed by atoms with Crippen LogP contribution in [-0.2, 0) is 4.65 Å². The summed E-state index contributed by atoms with van der Waals surface area (Å²) in [5.74, 6) is 1.37. The number of methoxy groups -OCH3 is 1. The Kier molecular flexibility index (Phi) is 5.38. The lowest BCUT2D eigenvalue weighted by atomic mass is 9.79. The molecular weight excluding hydrogens is 305 g/mol. The highest BCUT2D eigenvalue weighted by Crippen LogP contribution is 2.32. The molecule has 0 bridgehead atoms. The summed E-state index contributed by atoms with van der Waals surface area (Å²) in [4.78, 5) is 4.61. The second-order valence-corrected chi connectivity index (χ2v) is 5.90. The number of aromatic nitrogens is 1. The van der Waals surface area contributed by atoms with Crippen molar-refractivity contribution >= 4 is 7.12 Å². The number of ether oxygens (including phenoxy) is 2. The molecule has 0 spiro atoms. The van der Waals surface area contributed by atoms with Crippen LogP contribution in [0.15, 0.2) is 36.4 Å². The molecule has 1 fully saturated rings. The van der Waals surface area contributed by atoms with Gasteiger partial charge in [0.05, 0.1) is 19.4 Å². The lowest BCUT2D eigenvalue weighted by Gasteiger charge is -2.13. The van der Waals surface area contributed by atoms with E-state index in [2.05, 4.69) is 24.0 Å². The first-order valence-electron chi connectivity index (χ1n) is 8.29. The van der Waals surface area contributed by atoms with Crippen LogP contribution in [0, 0.1) is 0 Å². The van der Waals surface area contributed by atoms with E-state index >= 15 is 0 Å². The van der Waals surface area contributed by atoms with Crippen LogP contribution in [0.2, 0.25) is 6.32 Å². The Morgan fingerprint density at radius 3 is 2.92 bits per heavy atom. The molecule has 24 heavy (non-hydrogen) atoms. The molecule has 1 aliphatic heterocycles. The van der Waals surface area contributed by atoms with Gasteiger partial charge in [-0.15, -0.1) is 0 Å². The number of hydrogen-bond donors (Lipinski definition) is 1. The fourth-order valence-electron chi connectivity index (χ4n) is 2.84. The number of rotatable bonds is 6. The molecule has 1 atom stereocenters. The van der Waals surface area contributed by atoms with Crippen LogP contribution < -0.4 is 9.47 Å². The molecule has 2 aromatic rings. The predicted molar refractivity (Wildman–Crippen MR) is 93.5 cm³/mol. The third-order valence-electron chi connectivity index (χ3n) is 4.12. The third kappa shape index (κ3) is 3.71. The van der Waals surface area contributed by atoms with Crippen LogP contribution in [0.3, 0.4) is 0 Å². The molecule has 3 rings (SSSR count). The summed E-state index contributed by atoms with van der Waals surface area (Å²) >= 11 is 0. The molecule has 0 radical (unpaired) electrons. The average molecular weight is 327 g/mol. The van der Waals surface area contributed by atoms with Crippen molar-refractivity contribution in [2.45, 2.75) is 25.6 Å². The molecule has 2 heterocycles. The molecule has 1 N–H and O–H groups in total. The molecule has 1 aromatic heterocycles. The van der Waals surface area contributed by atoms with Crippen LogP contribution >= 0.6 is 0 Å². The molecule has 0 amide bonds. The Morgan fingerprint density at radius 1 is 1.33 bits per heavy atom. The van der Waals surface area contributed by atoms with Crippen molar-refractivity contribution in [1.82, 2.24) is 4.98 Å². The van der Waals surface area contributed by atoms with Crippen LogP contribution in [-0.4, -0.2) is 37.4 Å². The van der Waals surface area contributed by atoms with E-state index in [1.807, 2.05) is 24.3 Å². The normalized spacial score (nSPS) is 17.1. The molecule has 5 nitrogen and oxygen atoms in total. The number of pyridine rings is 1. The van der Waals surface area contributed by atoms with Gasteiger partial charge in [0.1, 0.15) is 0 Å². The van der Waals surface area contributed by atoms with E-state index in [9.17, 15) is 5.02 Å². The maximum Gasteiger partial charge on any atom is 0.454 e. The van der Waals surface area contributed by atoms with Crippen molar-refractivity contribution in [2.75, 3.05) is 20.3 Å². The predicted octanol–water partition coefficient (Wildman–Crippen LogP) is 3.14. The summed E-state index contributed by atoms with van der Waals surface area (Å²) in [6.45, 7) is 3.20. The Labute approximate surface area is 142 Å². The second-order valence-electron chi connectivity index (χ2n) is 5.90. The molecule has 0 aliphatic carbocycles. The van der Waals surface area contributed by atoms with E-state index in [1.54, 1.807) is 7.11 Å². The first-order valence-corrected chi connectivity index (χ1v) is 8.29. The molecule has 0 saturated carbocycles. The van der Waals surface area contributed by atoms with E-state index in [0.29, 0.717) is 31.2 Å². The Morgan fingerprint density at radius 2 is 2.21 bits per heavy atom. The smallest absolute Gasteiger partial charge is 0.454 e. The van der Waals surface area contributed by atoms with E-state index in [4.69, 9.17) is 14.1 Å². The standard InChI is InChI=1S/C18H22BNO4/c1-3-9-23-18-17(22-2)8-7-16(20-18)14-6-4-5-13(10-14)15-11-19(21)24-12-15/h4-8,10,15,21H,3,9,11-12H2,1-2H3. The van der Waals surface area contributed by atoms with E-state index in [-0.39, 0.29) is 5.92 Å². The molecule has 1 aliphatic rings. The molecule has 126 valence electrons. The highest BCUT2D eigenvalue weighted by Gasteiger charge is 2.29. The van der Waals surface area contributed by atoms with Crippen molar-refractivity contribution in [3.8, 4) is 22.9 Å². The van der Waals surface area contributed by atoms with Gasteiger partial charge < -0.3 is 19.2 Å². The fraction of sp³-hybridized carbons (Fsp3) is 0.389. The molecule has 1 unspecified atom stereocenters. The molecule has 6 heteroatoms. The van der Waals surface area contributed by atoms with Gasteiger partial charge in [0.25, 0.3) is 5.88 Å². The van der Waals surface area contributed by atoms with Crippen molar-refractivity contribution in [3.63, 3.8) is 0 Å². The van der Waals surface area contributed by atoms with E-state index < -0.39 is 7.12 Å². The topological polar surface area (TPSA) is 60.8 Å². The quantitative estimate of drug-likeness (QED) is 0.826. The van der Waals surface area contributed by atoms with Gasteiger partial charge in [-0.3, -0.25) is 0 Å². The van der Waals surface area contributed by atoms with Gasteiger partial charge in [-0.05, 0) is 36.5 Å². The SMILES string of the molecule is CCCOc1nc(-c2cccc(C3COB(O)C3)c2)ccc1OC. The molecular formula is C18H22BNO4. The van der Waals surface area contributed by atoms with Crippen LogP contribution in [0.4, 0.5) is 0 Å². The van der Waals surface area contributed by atoms with Gasteiger partial charge in [-0.1, -0.05) is 25.1 Å². The average Bonchev–Trinajstić information content (AvgIpc) is 3.06. The van der Waals surface area contributed by atoms with Gasteiger partial charge in [0, 0.05) is 18.1 Å². The van der Waals surface area contributed by atoms with Crippen LogP contribution in [0.1, 0.15) is 24.8 Å². The van der Waals surface area contributed by atoms with Gasteiger partial charge in [0.2, 0.25) is 0 Å². The van der Waals surface area contributed by atoms with E-state index in [1.165, 1.54) is 0 Å². The summed E-state index contributed by atoms with van der Waals surface area (Å²) in [5.41, 5.74) is 3.00. The number of benzene rings is 1. The molecule has 1 aromatic carbocycles. The van der Waals surface area contributed by atoms with Crippen LogP contribution in [0.5, 0.6) is 11.6 Å². The van der Waals surface area contributed by atoms with E-state index in [0.717, 1.165) is 23.2 Å². The second kappa shape index (κ2) is 7.68. The summed E-state index contributed by atoms with van der Waals surface area (Å²) in [6, 6.07) is 12.0. The maximum absolute atomic E-state index is 9.56. The van der Waals surface area contributed by atoms with Gasteiger partial charge in [-0.25, -0.2) is 4.98 Å². The van der Waals surface area contributed by atoms with Gasteiger partial charge >= 0.3 is 7.12 Å². The minimum Gasteiger partial charge on any atom is -0.491 e. The largest absolute Gasteiger partial charge is 0.491 e. The summed E-state index contributed by atoms with van der Waals surface area (Å²) < 4.78 is 16.3. The fourth-order valence-corrected chi connectivity index (χ4v) is 2.84. The Balaban J connectivity index is 1.88. The Bertz CT molecular complexity index is 694. The first-order chi connectivity index (χ1) is 11.7. The maximum atomic E-state index is 9.56. The first kappa shape index (κ1) is 16.8. The van der Waals surface area contributed by atoms with Gasteiger partial charge in [0.15, 0.2) is 5.75 Å². The van der Waals surface area contributed by atoms with Crippen molar-refractivity contribution in [2.24, 2.45) is 0 Å². The zero-order chi connectivity index (χ0) is 16.9. The summed E-state index contributed by atoms with van der Waals surface area (Å²) in [6.07, 6.45) is 1.54. The van der Waals surface area contributed by atoms with Gasteiger partial charge in [-0.2, -0.15) is 0 Å². The lowest BCUT2D eigenvalue weighted by Crippen LogP contribution is -2.07. The molecule has 1 saturated heterocycles. The minimum atomic E-state index is -0.660. The van der Waals surface area contributed by atoms with Crippen molar-refractivity contribution in [1.29, 1.82) is 0 Å². The monoisotopic (exact) mass is 327 g/mol. The highest BCUT2D eigenvalue weighted by atomic mass is 16.5. The van der Waals surface area contributed by atoms with Crippen LogP contribution in [0.25, 0.3) is 11.3 Å². The number of nitrogens with zero attached hydrogens (tertiary/aromatic N) is 1. The van der Waals surface area contributed by atoms with Crippen molar-refractivity contribution < 1.29 is 19.2 Å². The number of hydrogen-bond acceptors (Lipinski definition) is 5. The lowest BCUT2D eigenvalue weighted by molar-refractivity contribution is 0.283. The third-order valence-corrected chi connectivity index (χ3v) is 4.12. The highest BCUT2D eigenvalue weighted by molar-refractivity contribution is 6.43. The minimum absolute atomic E-state index is 0.217. The summed E-state index contributed by atoms with van der Waals surface area (Å²) in [7, 11) is 0.952. The summed E-state index contributed by atoms with van der Waals surface area (Å²) in [5, 5.41) is 9.56.